The lowest BCUT2D eigenvalue weighted by molar-refractivity contribution is -0.141. The molecule has 2 heterocycles. The number of carbonyl (C=O) groups is 2. The Bertz CT molecular complexity index is 864. The predicted octanol–water partition coefficient (Wildman–Crippen LogP) is 4.99. The molecule has 2 atom stereocenters. The smallest absolute Gasteiger partial charge is 0.242 e. The van der Waals surface area contributed by atoms with Crippen LogP contribution in [-0.2, 0) is 16.0 Å². The van der Waals surface area contributed by atoms with E-state index < -0.39 is 5.38 Å². The van der Waals surface area contributed by atoms with Gasteiger partial charge in [-0.2, -0.15) is 0 Å². The summed E-state index contributed by atoms with van der Waals surface area (Å²) in [5, 5.41) is 2.09. The summed E-state index contributed by atoms with van der Waals surface area (Å²) >= 11 is 13.8. The van der Waals surface area contributed by atoms with Gasteiger partial charge in [-0.3, -0.25) is 9.59 Å². The van der Waals surface area contributed by atoms with Crippen molar-refractivity contribution in [2.24, 2.45) is 5.92 Å². The Labute approximate surface area is 186 Å². The van der Waals surface area contributed by atoms with Gasteiger partial charge in [0, 0.05) is 23.0 Å². The zero-order valence-electron chi connectivity index (χ0n) is 16.9. The number of carbonyl (C=O) groups excluding carboxylic acids is 2. The van der Waals surface area contributed by atoms with Crippen molar-refractivity contribution in [3.63, 3.8) is 0 Å². The number of benzene rings is 1. The standard InChI is InChI=1S/C22H26Cl2N2O2S/c1-14(2)12-25(22(28)15(3)23)13-20(27)26-10-8-19-18(9-11-29-19)21(26)16-4-6-17(24)7-5-16/h4-7,9,11,14-15,21H,8,10,12-13H2,1-3H3. The van der Waals surface area contributed by atoms with Crippen LogP contribution in [0.15, 0.2) is 35.7 Å². The Kier molecular flexibility index (Phi) is 7.25. The van der Waals surface area contributed by atoms with E-state index in [-0.39, 0.29) is 30.3 Å². The molecule has 0 fully saturated rings. The molecule has 7 heteroatoms. The highest BCUT2D eigenvalue weighted by molar-refractivity contribution is 7.10. The number of hydrogen-bond donors (Lipinski definition) is 0. The van der Waals surface area contributed by atoms with E-state index in [4.69, 9.17) is 23.2 Å². The van der Waals surface area contributed by atoms with Crippen LogP contribution in [0.5, 0.6) is 0 Å². The van der Waals surface area contributed by atoms with Gasteiger partial charge < -0.3 is 9.80 Å². The fourth-order valence-electron chi connectivity index (χ4n) is 3.77. The Morgan fingerprint density at radius 2 is 1.90 bits per heavy atom. The van der Waals surface area contributed by atoms with Gasteiger partial charge in [0.15, 0.2) is 0 Å². The van der Waals surface area contributed by atoms with Crippen LogP contribution in [0.1, 0.15) is 42.8 Å². The van der Waals surface area contributed by atoms with Crippen LogP contribution < -0.4 is 0 Å². The lowest BCUT2D eigenvalue weighted by Crippen LogP contribution is -2.48. The maximum absolute atomic E-state index is 13.4. The first kappa shape index (κ1) is 22.1. The fraction of sp³-hybridized carbons (Fsp3) is 0.455. The molecule has 4 nitrogen and oxygen atoms in total. The van der Waals surface area contributed by atoms with E-state index in [0.29, 0.717) is 18.1 Å². The number of amides is 2. The molecule has 0 saturated heterocycles. The molecule has 1 aliphatic heterocycles. The summed E-state index contributed by atoms with van der Waals surface area (Å²) < 4.78 is 0. The average Bonchev–Trinajstić information content (AvgIpc) is 3.15. The highest BCUT2D eigenvalue weighted by atomic mass is 35.5. The van der Waals surface area contributed by atoms with Crippen LogP contribution in [0, 0.1) is 5.92 Å². The molecule has 0 radical (unpaired) electrons. The molecule has 156 valence electrons. The summed E-state index contributed by atoms with van der Waals surface area (Å²) in [6.07, 6.45) is 0.826. The SMILES string of the molecule is CC(C)CN(CC(=O)N1CCc2sccc2C1c1ccc(Cl)cc1)C(=O)C(C)Cl. The third-order valence-electron chi connectivity index (χ3n) is 5.04. The van der Waals surface area contributed by atoms with Crippen molar-refractivity contribution >= 4 is 46.4 Å². The van der Waals surface area contributed by atoms with E-state index >= 15 is 0 Å². The molecule has 2 aromatic rings. The molecule has 1 aromatic heterocycles. The van der Waals surface area contributed by atoms with Gasteiger partial charge in [0.1, 0.15) is 5.38 Å². The first-order valence-corrected chi connectivity index (χ1v) is 11.5. The molecule has 29 heavy (non-hydrogen) atoms. The van der Waals surface area contributed by atoms with Gasteiger partial charge in [-0.15, -0.1) is 22.9 Å². The van der Waals surface area contributed by atoms with Crippen molar-refractivity contribution in [2.45, 2.75) is 38.6 Å². The molecule has 0 spiro atoms. The molecule has 1 aromatic carbocycles. The second-order valence-electron chi connectivity index (χ2n) is 7.82. The highest BCUT2D eigenvalue weighted by Gasteiger charge is 2.34. The summed E-state index contributed by atoms with van der Waals surface area (Å²) in [7, 11) is 0. The van der Waals surface area contributed by atoms with Gasteiger partial charge in [-0.25, -0.2) is 0 Å². The maximum atomic E-state index is 13.4. The number of fused-ring (bicyclic) bond motifs is 1. The Morgan fingerprint density at radius 3 is 2.52 bits per heavy atom. The average molecular weight is 453 g/mol. The van der Waals surface area contributed by atoms with Crippen LogP contribution in [-0.4, -0.2) is 46.6 Å². The number of nitrogens with zero attached hydrogens (tertiary/aromatic N) is 2. The van der Waals surface area contributed by atoms with Gasteiger partial charge in [0.25, 0.3) is 0 Å². The van der Waals surface area contributed by atoms with Crippen LogP contribution in [0.4, 0.5) is 0 Å². The van der Waals surface area contributed by atoms with Crippen LogP contribution in [0.25, 0.3) is 0 Å². The van der Waals surface area contributed by atoms with E-state index in [1.165, 1.54) is 4.88 Å². The van der Waals surface area contributed by atoms with Gasteiger partial charge in [-0.05, 0) is 54.0 Å². The van der Waals surface area contributed by atoms with Crippen molar-refractivity contribution in [3.8, 4) is 0 Å². The number of alkyl halides is 1. The third kappa shape index (κ3) is 5.14. The minimum atomic E-state index is -0.654. The number of thiophene rings is 1. The Hall–Kier alpha value is -1.56. The van der Waals surface area contributed by atoms with Gasteiger partial charge in [0.05, 0.1) is 12.6 Å². The topological polar surface area (TPSA) is 40.6 Å². The molecule has 3 rings (SSSR count). The van der Waals surface area contributed by atoms with Crippen molar-refractivity contribution in [1.29, 1.82) is 0 Å². The summed E-state index contributed by atoms with van der Waals surface area (Å²) in [4.78, 5) is 30.7. The lowest BCUT2D eigenvalue weighted by atomic mass is 9.93. The van der Waals surface area contributed by atoms with Crippen molar-refractivity contribution in [2.75, 3.05) is 19.6 Å². The Morgan fingerprint density at radius 1 is 1.21 bits per heavy atom. The summed E-state index contributed by atoms with van der Waals surface area (Å²) in [5.74, 6) is -0.0165. The number of rotatable bonds is 6. The van der Waals surface area contributed by atoms with Crippen LogP contribution >= 0.6 is 34.5 Å². The molecular weight excluding hydrogens is 427 g/mol. The number of hydrogen-bond acceptors (Lipinski definition) is 3. The summed E-state index contributed by atoms with van der Waals surface area (Å²) in [6.45, 7) is 6.87. The quantitative estimate of drug-likeness (QED) is 0.579. The molecule has 0 N–H and O–H groups in total. The zero-order valence-corrected chi connectivity index (χ0v) is 19.2. The highest BCUT2D eigenvalue weighted by Crippen LogP contribution is 2.38. The zero-order chi connectivity index (χ0) is 21.1. The molecular formula is C22H26Cl2N2O2S. The molecule has 2 amide bonds. The minimum Gasteiger partial charge on any atom is -0.332 e. The predicted molar refractivity (Wildman–Crippen MR) is 120 cm³/mol. The van der Waals surface area contributed by atoms with Gasteiger partial charge in [0.2, 0.25) is 11.8 Å². The van der Waals surface area contributed by atoms with E-state index in [9.17, 15) is 9.59 Å². The van der Waals surface area contributed by atoms with Gasteiger partial charge >= 0.3 is 0 Å². The monoisotopic (exact) mass is 452 g/mol. The van der Waals surface area contributed by atoms with E-state index in [1.807, 2.05) is 43.0 Å². The van der Waals surface area contributed by atoms with Crippen LogP contribution in [0.2, 0.25) is 5.02 Å². The fourth-order valence-corrected chi connectivity index (χ4v) is 4.94. The molecule has 1 aliphatic rings. The van der Waals surface area contributed by atoms with Crippen molar-refractivity contribution < 1.29 is 9.59 Å². The largest absolute Gasteiger partial charge is 0.332 e. The summed E-state index contributed by atoms with van der Waals surface area (Å²) in [6, 6.07) is 9.57. The van der Waals surface area contributed by atoms with E-state index in [2.05, 4.69) is 11.4 Å². The normalized spacial score (nSPS) is 17.2. The van der Waals surface area contributed by atoms with Gasteiger partial charge in [-0.1, -0.05) is 37.6 Å². The maximum Gasteiger partial charge on any atom is 0.242 e. The number of halogens is 2. The first-order valence-electron chi connectivity index (χ1n) is 9.82. The molecule has 2 unspecified atom stereocenters. The van der Waals surface area contributed by atoms with E-state index in [1.54, 1.807) is 23.2 Å². The Balaban J connectivity index is 1.89. The van der Waals surface area contributed by atoms with Crippen LogP contribution in [0.3, 0.4) is 0 Å². The second-order valence-corrected chi connectivity index (χ2v) is 9.91. The molecule has 0 bridgehead atoms. The molecule has 0 aliphatic carbocycles. The third-order valence-corrected chi connectivity index (χ3v) is 6.47. The second kappa shape index (κ2) is 9.50. The van der Waals surface area contributed by atoms with Crippen molar-refractivity contribution in [1.82, 2.24) is 9.80 Å². The van der Waals surface area contributed by atoms with E-state index in [0.717, 1.165) is 17.5 Å². The molecule has 0 saturated carbocycles. The van der Waals surface area contributed by atoms with Crippen molar-refractivity contribution in [3.05, 3.63) is 56.7 Å². The lowest BCUT2D eigenvalue weighted by Gasteiger charge is -2.38. The first-order chi connectivity index (χ1) is 13.8. The summed E-state index contributed by atoms with van der Waals surface area (Å²) in [5.41, 5.74) is 2.18. The minimum absolute atomic E-state index is 0.0393.